The molecule has 136 valence electrons. The number of benzene rings is 1. The average Bonchev–Trinajstić information content (AvgIpc) is 2.65. The molecule has 0 saturated carbocycles. The molecule has 1 aromatic heterocycles. The second kappa shape index (κ2) is 8.37. The molecule has 2 heterocycles. The van der Waals surface area contributed by atoms with Gasteiger partial charge in [0.1, 0.15) is 5.82 Å². The van der Waals surface area contributed by atoms with E-state index in [-0.39, 0.29) is 22.8 Å². The molecule has 1 N–H and O–H groups in total. The van der Waals surface area contributed by atoms with Crippen LogP contribution in [-0.2, 0) is 4.79 Å². The lowest BCUT2D eigenvalue weighted by Crippen LogP contribution is -2.43. The lowest BCUT2D eigenvalue weighted by Gasteiger charge is -2.32. The van der Waals surface area contributed by atoms with Gasteiger partial charge in [-0.15, -0.1) is 0 Å². The number of hydrogen-bond donors (Lipinski definition) is 1. The Morgan fingerprint density at radius 2 is 2.04 bits per heavy atom. The van der Waals surface area contributed by atoms with E-state index in [0.29, 0.717) is 29.5 Å². The Bertz CT molecular complexity index is 830. The number of rotatable bonds is 3. The van der Waals surface area contributed by atoms with Gasteiger partial charge in [0.25, 0.3) is 5.91 Å². The van der Waals surface area contributed by atoms with Crippen LogP contribution in [0.15, 0.2) is 41.0 Å². The third-order valence-corrected chi connectivity index (χ3v) is 5.53. The zero-order valence-electron chi connectivity index (χ0n) is 13.7. The molecule has 5 nitrogen and oxygen atoms in total. The Hall–Kier alpha value is -1.63. The number of nitrogens with one attached hydrogen (secondary N) is 1. The standard InChI is InChI=1S/C18H16BrCl2N3O2/c19-12-6-7-15(22-9-12)23-17(25)11-3-2-8-24(10-11)18(26)13-4-1-5-14(20)16(13)21/h1,4-7,9,11H,2-3,8,10H2,(H,22,23,25). The second-order valence-corrected chi connectivity index (χ2v) is 7.74. The molecular formula is C18H16BrCl2N3O2. The van der Waals surface area contributed by atoms with E-state index in [1.165, 1.54) is 0 Å². The molecule has 1 saturated heterocycles. The minimum Gasteiger partial charge on any atom is -0.338 e. The number of nitrogens with zero attached hydrogens (tertiary/aromatic N) is 2. The van der Waals surface area contributed by atoms with Crippen molar-refractivity contribution in [1.82, 2.24) is 9.88 Å². The zero-order valence-corrected chi connectivity index (χ0v) is 16.8. The highest BCUT2D eigenvalue weighted by atomic mass is 79.9. The van der Waals surface area contributed by atoms with Crippen molar-refractivity contribution < 1.29 is 9.59 Å². The fourth-order valence-corrected chi connectivity index (χ4v) is 3.51. The number of pyridine rings is 1. The summed E-state index contributed by atoms with van der Waals surface area (Å²) in [5, 5.41) is 3.38. The highest BCUT2D eigenvalue weighted by Gasteiger charge is 2.30. The molecule has 0 bridgehead atoms. The summed E-state index contributed by atoms with van der Waals surface area (Å²) in [5.74, 6) is -0.165. The van der Waals surface area contributed by atoms with Crippen LogP contribution in [0.1, 0.15) is 23.2 Å². The Balaban J connectivity index is 1.68. The predicted molar refractivity (Wildman–Crippen MR) is 106 cm³/mol. The van der Waals surface area contributed by atoms with Crippen molar-refractivity contribution in [3.05, 3.63) is 56.6 Å². The van der Waals surface area contributed by atoms with Gasteiger partial charge in [0, 0.05) is 23.8 Å². The van der Waals surface area contributed by atoms with Crippen LogP contribution in [0.3, 0.4) is 0 Å². The maximum absolute atomic E-state index is 12.8. The summed E-state index contributed by atoms with van der Waals surface area (Å²) >= 11 is 15.5. The molecule has 1 unspecified atom stereocenters. The zero-order chi connectivity index (χ0) is 18.7. The third kappa shape index (κ3) is 4.37. The van der Waals surface area contributed by atoms with Gasteiger partial charge in [-0.2, -0.15) is 0 Å². The first-order valence-corrected chi connectivity index (χ1v) is 9.66. The van der Waals surface area contributed by atoms with Crippen molar-refractivity contribution in [2.24, 2.45) is 5.92 Å². The lowest BCUT2D eigenvalue weighted by atomic mass is 9.96. The minimum atomic E-state index is -0.295. The molecule has 2 amide bonds. The first-order valence-electron chi connectivity index (χ1n) is 8.11. The molecule has 26 heavy (non-hydrogen) atoms. The number of halogens is 3. The Labute approximate surface area is 169 Å². The summed E-state index contributed by atoms with van der Waals surface area (Å²) in [4.78, 5) is 31.1. The summed E-state index contributed by atoms with van der Waals surface area (Å²) in [6.45, 7) is 0.923. The molecule has 2 aromatic rings. The highest BCUT2D eigenvalue weighted by molar-refractivity contribution is 9.10. The van der Waals surface area contributed by atoms with Crippen LogP contribution in [0.4, 0.5) is 5.82 Å². The summed E-state index contributed by atoms with van der Waals surface area (Å²) < 4.78 is 0.836. The second-order valence-electron chi connectivity index (χ2n) is 6.04. The predicted octanol–water partition coefficient (Wildman–Crippen LogP) is 4.64. The van der Waals surface area contributed by atoms with Crippen LogP contribution in [0.2, 0.25) is 10.0 Å². The Morgan fingerprint density at radius 1 is 1.23 bits per heavy atom. The van der Waals surface area contributed by atoms with E-state index in [4.69, 9.17) is 23.2 Å². The molecule has 0 aliphatic carbocycles. The van der Waals surface area contributed by atoms with Crippen LogP contribution in [-0.4, -0.2) is 34.8 Å². The number of piperidine rings is 1. The number of aromatic nitrogens is 1. The van der Waals surface area contributed by atoms with Gasteiger partial charge in [0.15, 0.2) is 0 Å². The molecule has 1 fully saturated rings. The molecule has 0 radical (unpaired) electrons. The highest BCUT2D eigenvalue weighted by Crippen LogP contribution is 2.28. The quantitative estimate of drug-likeness (QED) is 0.731. The van der Waals surface area contributed by atoms with Crippen LogP contribution in [0, 0.1) is 5.92 Å². The first-order chi connectivity index (χ1) is 12.5. The van der Waals surface area contributed by atoms with Crippen LogP contribution in [0.5, 0.6) is 0 Å². The van der Waals surface area contributed by atoms with E-state index >= 15 is 0 Å². The van der Waals surface area contributed by atoms with Crippen molar-refractivity contribution in [2.75, 3.05) is 18.4 Å². The van der Waals surface area contributed by atoms with E-state index < -0.39 is 0 Å². The van der Waals surface area contributed by atoms with E-state index in [2.05, 4.69) is 26.2 Å². The largest absolute Gasteiger partial charge is 0.338 e. The summed E-state index contributed by atoms with van der Waals surface area (Å²) in [7, 11) is 0. The molecular weight excluding hydrogens is 441 g/mol. The fraction of sp³-hybridized carbons (Fsp3) is 0.278. The van der Waals surface area contributed by atoms with Gasteiger partial charge < -0.3 is 10.2 Å². The van der Waals surface area contributed by atoms with Gasteiger partial charge in [0.2, 0.25) is 5.91 Å². The summed E-state index contributed by atoms with van der Waals surface area (Å²) in [5.41, 5.74) is 0.356. The molecule has 3 rings (SSSR count). The van der Waals surface area contributed by atoms with Gasteiger partial charge in [-0.1, -0.05) is 29.3 Å². The van der Waals surface area contributed by atoms with Gasteiger partial charge in [-0.25, -0.2) is 4.98 Å². The van der Waals surface area contributed by atoms with Crippen LogP contribution in [0.25, 0.3) is 0 Å². The van der Waals surface area contributed by atoms with Crippen molar-refractivity contribution in [3.8, 4) is 0 Å². The first kappa shape index (κ1) is 19.1. The molecule has 1 aliphatic heterocycles. The molecule has 1 aromatic carbocycles. The summed E-state index contributed by atoms with van der Waals surface area (Å²) in [6.07, 6.45) is 3.08. The number of anilines is 1. The van der Waals surface area contributed by atoms with Crippen LogP contribution < -0.4 is 5.32 Å². The van der Waals surface area contributed by atoms with Gasteiger partial charge in [-0.3, -0.25) is 9.59 Å². The van der Waals surface area contributed by atoms with Crippen LogP contribution >= 0.6 is 39.1 Å². The van der Waals surface area contributed by atoms with E-state index in [0.717, 1.165) is 17.3 Å². The van der Waals surface area contributed by atoms with Gasteiger partial charge in [-0.05, 0) is 53.0 Å². The SMILES string of the molecule is O=C(Nc1ccc(Br)cn1)C1CCCN(C(=O)c2cccc(Cl)c2Cl)C1. The van der Waals surface area contributed by atoms with Gasteiger partial charge in [0.05, 0.1) is 21.5 Å². The molecule has 0 spiro atoms. The normalized spacial score (nSPS) is 17.0. The molecule has 1 aliphatic rings. The summed E-state index contributed by atoms with van der Waals surface area (Å²) in [6, 6.07) is 8.50. The Kier molecular flexibility index (Phi) is 6.16. The number of likely N-dealkylation sites (tertiary alicyclic amines) is 1. The van der Waals surface area contributed by atoms with E-state index in [9.17, 15) is 9.59 Å². The maximum Gasteiger partial charge on any atom is 0.255 e. The maximum atomic E-state index is 12.8. The number of carbonyl (C=O) groups is 2. The van der Waals surface area contributed by atoms with Crippen molar-refractivity contribution in [3.63, 3.8) is 0 Å². The van der Waals surface area contributed by atoms with Gasteiger partial charge >= 0.3 is 0 Å². The number of hydrogen-bond acceptors (Lipinski definition) is 3. The van der Waals surface area contributed by atoms with Crippen molar-refractivity contribution in [1.29, 1.82) is 0 Å². The lowest BCUT2D eigenvalue weighted by molar-refractivity contribution is -0.121. The minimum absolute atomic E-state index is 0.144. The average molecular weight is 457 g/mol. The van der Waals surface area contributed by atoms with E-state index in [1.54, 1.807) is 41.4 Å². The fourth-order valence-electron chi connectivity index (χ4n) is 2.89. The Morgan fingerprint density at radius 3 is 2.77 bits per heavy atom. The molecule has 8 heteroatoms. The number of carbonyl (C=O) groups excluding carboxylic acids is 2. The number of amides is 2. The smallest absolute Gasteiger partial charge is 0.255 e. The molecule has 1 atom stereocenters. The monoisotopic (exact) mass is 455 g/mol. The van der Waals surface area contributed by atoms with Crippen molar-refractivity contribution >= 4 is 56.8 Å². The van der Waals surface area contributed by atoms with Crippen molar-refractivity contribution in [2.45, 2.75) is 12.8 Å². The third-order valence-electron chi connectivity index (χ3n) is 4.24. The topological polar surface area (TPSA) is 62.3 Å². The van der Waals surface area contributed by atoms with E-state index in [1.807, 2.05) is 0 Å².